The molecule has 1 fully saturated rings. The summed E-state index contributed by atoms with van der Waals surface area (Å²) in [5.41, 5.74) is 1.23. The Morgan fingerprint density at radius 1 is 1.18 bits per heavy atom. The molecule has 4 rings (SSSR count). The van der Waals surface area contributed by atoms with Gasteiger partial charge in [-0.2, -0.15) is 5.10 Å². The van der Waals surface area contributed by atoms with Crippen LogP contribution in [0.4, 0.5) is 5.82 Å². The van der Waals surface area contributed by atoms with Crippen LogP contribution in [0.5, 0.6) is 0 Å². The lowest BCUT2D eigenvalue weighted by Crippen LogP contribution is -2.37. The van der Waals surface area contributed by atoms with E-state index in [-0.39, 0.29) is 17.0 Å². The van der Waals surface area contributed by atoms with Gasteiger partial charge in [-0.3, -0.25) is 4.79 Å². The van der Waals surface area contributed by atoms with E-state index >= 15 is 0 Å². The van der Waals surface area contributed by atoms with Crippen molar-refractivity contribution in [3.63, 3.8) is 0 Å². The average Bonchev–Trinajstić information content (AvgIpc) is 3.26. The van der Waals surface area contributed by atoms with Crippen molar-refractivity contribution in [2.45, 2.75) is 18.6 Å². The van der Waals surface area contributed by atoms with Crippen molar-refractivity contribution in [1.82, 2.24) is 25.1 Å². The number of fused-ring (bicyclic) bond motifs is 1. The molecule has 33 heavy (non-hydrogen) atoms. The van der Waals surface area contributed by atoms with Gasteiger partial charge in [0.25, 0.3) is 5.91 Å². The summed E-state index contributed by atoms with van der Waals surface area (Å²) in [4.78, 5) is 36.3. The molecule has 1 saturated heterocycles. The van der Waals surface area contributed by atoms with E-state index in [4.69, 9.17) is 19.4 Å². The standard InChI is InChI=1S/C22H26N6O4S/c1-3-33-22-25-18(27-10-12-32-13-11-27)17-14-24-28(19(17)26-22)9-8-23-20(29)15-6-4-5-7-16(15)21(30)31-2/h4-7,14H,3,8-13H2,1-2H3,(H,23,29). The van der Waals surface area contributed by atoms with Crippen molar-refractivity contribution in [3.8, 4) is 0 Å². The quantitative estimate of drug-likeness (QED) is 0.300. The molecule has 0 aliphatic carbocycles. The summed E-state index contributed by atoms with van der Waals surface area (Å²) in [5.74, 6) is 0.824. The zero-order chi connectivity index (χ0) is 23.2. The van der Waals surface area contributed by atoms with Crippen molar-refractivity contribution < 1.29 is 19.1 Å². The maximum Gasteiger partial charge on any atom is 0.338 e. The van der Waals surface area contributed by atoms with Crippen molar-refractivity contribution in [3.05, 3.63) is 41.6 Å². The van der Waals surface area contributed by atoms with Gasteiger partial charge in [-0.15, -0.1) is 0 Å². The Labute approximate surface area is 195 Å². The van der Waals surface area contributed by atoms with E-state index in [0.29, 0.717) is 31.5 Å². The van der Waals surface area contributed by atoms with Crippen LogP contribution in [0.3, 0.4) is 0 Å². The maximum absolute atomic E-state index is 12.7. The molecule has 1 N–H and O–H groups in total. The summed E-state index contributed by atoms with van der Waals surface area (Å²) >= 11 is 1.58. The van der Waals surface area contributed by atoms with Crippen LogP contribution in [-0.2, 0) is 16.0 Å². The molecule has 0 saturated carbocycles. The highest BCUT2D eigenvalue weighted by Gasteiger charge is 2.21. The predicted octanol–water partition coefficient (Wildman–Crippen LogP) is 1.99. The minimum Gasteiger partial charge on any atom is -0.465 e. The Morgan fingerprint density at radius 3 is 2.67 bits per heavy atom. The number of morpholine rings is 1. The summed E-state index contributed by atoms with van der Waals surface area (Å²) in [5, 5.41) is 8.93. The largest absolute Gasteiger partial charge is 0.465 e. The van der Waals surface area contributed by atoms with Crippen LogP contribution < -0.4 is 10.2 Å². The second-order valence-electron chi connectivity index (χ2n) is 7.26. The van der Waals surface area contributed by atoms with Gasteiger partial charge in [0.1, 0.15) is 5.82 Å². The molecule has 0 bridgehead atoms. The van der Waals surface area contributed by atoms with Crippen LogP contribution in [0.15, 0.2) is 35.6 Å². The van der Waals surface area contributed by atoms with Gasteiger partial charge < -0.3 is 19.7 Å². The Bertz CT molecular complexity index is 1150. The van der Waals surface area contributed by atoms with Crippen LogP contribution in [0.25, 0.3) is 11.0 Å². The number of amides is 1. The summed E-state index contributed by atoms with van der Waals surface area (Å²) in [7, 11) is 1.29. The number of carbonyl (C=O) groups is 2. The van der Waals surface area contributed by atoms with Crippen molar-refractivity contribution >= 4 is 40.5 Å². The van der Waals surface area contributed by atoms with Crippen LogP contribution in [0.1, 0.15) is 27.6 Å². The molecule has 0 atom stereocenters. The number of anilines is 1. The predicted molar refractivity (Wildman–Crippen MR) is 125 cm³/mol. The number of hydrogen-bond donors (Lipinski definition) is 1. The normalized spacial score (nSPS) is 13.8. The van der Waals surface area contributed by atoms with Gasteiger partial charge in [0, 0.05) is 19.6 Å². The summed E-state index contributed by atoms with van der Waals surface area (Å²) in [6.07, 6.45) is 1.77. The van der Waals surface area contributed by atoms with Gasteiger partial charge in [-0.1, -0.05) is 30.8 Å². The fraction of sp³-hybridized carbons (Fsp3) is 0.409. The van der Waals surface area contributed by atoms with Gasteiger partial charge in [-0.05, 0) is 17.9 Å². The number of hydrogen-bond acceptors (Lipinski definition) is 9. The third kappa shape index (κ3) is 5.09. The number of esters is 1. The zero-order valence-electron chi connectivity index (χ0n) is 18.6. The Morgan fingerprint density at radius 2 is 1.94 bits per heavy atom. The molecular weight excluding hydrogens is 444 g/mol. The fourth-order valence-electron chi connectivity index (χ4n) is 3.63. The van der Waals surface area contributed by atoms with Crippen LogP contribution in [0.2, 0.25) is 0 Å². The van der Waals surface area contributed by atoms with Gasteiger partial charge in [0.2, 0.25) is 0 Å². The number of aromatic nitrogens is 4. The number of nitrogens with zero attached hydrogens (tertiary/aromatic N) is 5. The number of nitrogens with one attached hydrogen (secondary N) is 1. The zero-order valence-corrected chi connectivity index (χ0v) is 19.4. The van der Waals surface area contributed by atoms with Crippen LogP contribution >= 0.6 is 11.8 Å². The van der Waals surface area contributed by atoms with E-state index in [9.17, 15) is 9.59 Å². The Kier molecular flexibility index (Phi) is 7.40. The first kappa shape index (κ1) is 23.0. The first-order valence-electron chi connectivity index (χ1n) is 10.8. The lowest BCUT2D eigenvalue weighted by molar-refractivity contribution is 0.0596. The number of methoxy groups -OCH3 is 1. The van der Waals surface area contributed by atoms with Gasteiger partial charge in [0.15, 0.2) is 10.8 Å². The van der Waals surface area contributed by atoms with E-state index in [1.54, 1.807) is 46.9 Å². The molecule has 0 unspecified atom stereocenters. The van der Waals surface area contributed by atoms with E-state index in [1.807, 2.05) is 0 Å². The van der Waals surface area contributed by atoms with E-state index in [2.05, 4.69) is 22.2 Å². The van der Waals surface area contributed by atoms with Gasteiger partial charge in [0.05, 0.1) is 49.6 Å². The van der Waals surface area contributed by atoms with E-state index < -0.39 is 5.97 Å². The number of thioether (sulfide) groups is 1. The molecule has 3 aromatic rings. The molecule has 1 aliphatic rings. The number of ether oxygens (including phenoxy) is 2. The molecule has 174 valence electrons. The number of benzene rings is 1. The Balaban J connectivity index is 1.52. The minimum absolute atomic E-state index is 0.228. The van der Waals surface area contributed by atoms with Crippen molar-refractivity contribution in [2.24, 2.45) is 0 Å². The van der Waals surface area contributed by atoms with E-state index in [1.165, 1.54) is 7.11 Å². The molecule has 1 aromatic carbocycles. The van der Waals surface area contributed by atoms with Gasteiger partial charge in [-0.25, -0.2) is 19.4 Å². The SMILES string of the molecule is CCSc1nc(N2CCOCC2)c2cnn(CCNC(=O)c3ccccc3C(=O)OC)c2n1. The molecular formula is C22H26N6O4S. The molecule has 11 heteroatoms. The summed E-state index contributed by atoms with van der Waals surface area (Å²) < 4.78 is 12.0. The number of rotatable bonds is 8. The fourth-order valence-corrected chi connectivity index (χ4v) is 4.19. The lowest BCUT2D eigenvalue weighted by atomic mass is 10.1. The van der Waals surface area contributed by atoms with Crippen LogP contribution in [-0.4, -0.2) is 77.3 Å². The molecule has 0 radical (unpaired) electrons. The third-order valence-electron chi connectivity index (χ3n) is 5.23. The topological polar surface area (TPSA) is 111 Å². The maximum atomic E-state index is 12.7. The molecule has 0 spiro atoms. The summed E-state index contributed by atoms with van der Waals surface area (Å²) in [6.45, 7) is 5.66. The highest BCUT2D eigenvalue weighted by Crippen LogP contribution is 2.27. The molecule has 10 nitrogen and oxygen atoms in total. The van der Waals surface area contributed by atoms with Gasteiger partial charge >= 0.3 is 5.97 Å². The van der Waals surface area contributed by atoms with E-state index in [0.717, 1.165) is 35.7 Å². The summed E-state index contributed by atoms with van der Waals surface area (Å²) in [6, 6.07) is 6.57. The molecule has 1 aliphatic heterocycles. The number of carbonyl (C=O) groups excluding carboxylic acids is 2. The molecule has 1 amide bonds. The second kappa shape index (κ2) is 10.6. The van der Waals surface area contributed by atoms with Crippen molar-refractivity contribution in [2.75, 3.05) is 50.6 Å². The molecule has 3 heterocycles. The first-order valence-corrected chi connectivity index (χ1v) is 11.8. The smallest absolute Gasteiger partial charge is 0.338 e. The average molecular weight is 471 g/mol. The minimum atomic E-state index is -0.549. The lowest BCUT2D eigenvalue weighted by Gasteiger charge is -2.28. The Hall–Kier alpha value is -3.18. The molecule has 2 aromatic heterocycles. The first-order chi connectivity index (χ1) is 16.1. The second-order valence-corrected chi connectivity index (χ2v) is 8.49. The highest BCUT2D eigenvalue weighted by atomic mass is 32.2. The highest BCUT2D eigenvalue weighted by molar-refractivity contribution is 7.99. The monoisotopic (exact) mass is 470 g/mol. The third-order valence-corrected chi connectivity index (χ3v) is 5.96. The van der Waals surface area contributed by atoms with Crippen LogP contribution in [0, 0.1) is 0 Å². The van der Waals surface area contributed by atoms with Crippen molar-refractivity contribution in [1.29, 1.82) is 0 Å².